The lowest BCUT2D eigenvalue weighted by atomic mass is 9.99. The molecule has 0 bridgehead atoms. The molecule has 0 radical (unpaired) electrons. The molecule has 2 aromatic heterocycles. The van der Waals surface area contributed by atoms with Gasteiger partial charge < -0.3 is 10.2 Å². The molecule has 0 aromatic carbocycles. The number of halogens is 1. The molecule has 2 aromatic rings. The summed E-state index contributed by atoms with van der Waals surface area (Å²) in [4.78, 5) is 11.4. The first-order chi connectivity index (χ1) is 9.08. The molecule has 1 N–H and O–H groups in total. The molecular weight excluding hydrogens is 304 g/mol. The van der Waals surface area contributed by atoms with Gasteiger partial charge in [0.25, 0.3) is 0 Å². The SMILES string of the molecule is CC1(C)CNCCN1c1ccnc2cc(Br)cnc12. The molecule has 5 heteroatoms. The van der Waals surface area contributed by atoms with Crippen LogP contribution in [0.15, 0.2) is 29.0 Å². The van der Waals surface area contributed by atoms with Crippen molar-refractivity contribution in [3.05, 3.63) is 29.0 Å². The predicted octanol–water partition coefficient (Wildman–Crippen LogP) is 2.58. The first kappa shape index (κ1) is 12.8. The van der Waals surface area contributed by atoms with Crippen LogP contribution in [0.1, 0.15) is 13.8 Å². The Balaban J connectivity index is 2.14. The first-order valence-corrected chi connectivity index (χ1v) is 7.26. The number of nitrogens with zero attached hydrogens (tertiary/aromatic N) is 3. The number of nitrogens with one attached hydrogen (secondary N) is 1. The molecule has 1 aliphatic heterocycles. The van der Waals surface area contributed by atoms with Gasteiger partial charge in [-0.2, -0.15) is 0 Å². The van der Waals surface area contributed by atoms with Gasteiger partial charge in [-0.15, -0.1) is 0 Å². The van der Waals surface area contributed by atoms with Crippen LogP contribution in [-0.2, 0) is 0 Å². The minimum atomic E-state index is 0.0846. The van der Waals surface area contributed by atoms with Gasteiger partial charge in [0.15, 0.2) is 0 Å². The Kier molecular flexibility index (Phi) is 3.19. The first-order valence-electron chi connectivity index (χ1n) is 6.46. The molecule has 0 unspecified atom stereocenters. The minimum absolute atomic E-state index is 0.0846. The van der Waals surface area contributed by atoms with Crippen LogP contribution in [0.4, 0.5) is 5.69 Å². The minimum Gasteiger partial charge on any atom is -0.362 e. The summed E-state index contributed by atoms with van der Waals surface area (Å²) in [5.74, 6) is 0. The summed E-state index contributed by atoms with van der Waals surface area (Å²) in [6.45, 7) is 7.48. The van der Waals surface area contributed by atoms with E-state index < -0.39 is 0 Å². The van der Waals surface area contributed by atoms with Crippen LogP contribution in [-0.4, -0.2) is 35.1 Å². The van der Waals surface area contributed by atoms with Gasteiger partial charge in [0.2, 0.25) is 0 Å². The summed E-state index contributed by atoms with van der Waals surface area (Å²) in [6, 6.07) is 4.08. The third kappa shape index (κ3) is 2.32. The highest BCUT2D eigenvalue weighted by atomic mass is 79.9. The molecule has 1 aliphatic rings. The molecular formula is C14H17BrN4. The molecule has 1 fully saturated rings. The lowest BCUT2D eigenvalue weighted by Crippen LogP contribution is -2.58. The fourth-order valence-electron chi connectivity index (χ4n) is 2.64. The second-order valence-corrected chi connectivity index (χ2v) is 6.41. The molecule has 0 amide bonds. The number of anilines is 1. The lowest BCUT2D eigenvalue weighted by Gasteiger charge is -2.44. The maximum Gasteiger partial charge on any atom is 0.112 e. The van der Waals surface area contributed by atoms with Crippen molar-refractivity contribution in [3.63, 3.8) is 0 Å². The fraction of sp³-hybridized carbons (Fsp3) is 0.429. The predicted molar refractivity (Wildman–Crippen MR) is 81.5 cm³/mol. The monoisotopic (exact) mass is 320 g/mol. The maximum absolute atomic E-state index is 4.55. The average molecular weight is 321 g/mol. The molecule has 4 nitrogen and oxygen atoms in total. The summed E-state index contributed by atoms with van der Waals surface area (Å²) in [5.41, 5.74) is 3.16. The van der Waals surface area contributed by atoms with E-state index in [1.807, 2.05) is 18.5 Å². The molecule has 0 atom stereocenters. The number of piperazine rings is 1. The largest absolute Gasteiger partial charge is 0.362 e. The zero-order chi connectivity index (χ0) is 13.5. The van der Waals surface area contributed by atoms with Gasteiger partial charge in [0, 0.05) is 42.0 Å². The van der Waals surface area contributed by atoms with E-state index in [4.69, 9.17) is 0 Å². The Labute approximate surface area is 121 Å². The van der Waals surface area contributed by atoms with Crippen molar-refractivity contribution in [1.82, 2.24) is 15.3 Å². The number of pyridine rings is 2. The van der Waals surface area contributed by atoms with E-state index in [1.165, 1.54) is 5.69 Å². The maximum atomic E-state index is 4.55. The van der Waals surface area contributed by atoms with Gasteiger partial charge >= 0.3 is 0 Å². The van der Waals surface area contributed by atoms with Crippen molar-refractivity contribution >= 4 is 32.7 Å². The van der Waals surface area contributed by atoms with Gasteiger partial charge in [-0.3, -0.25) is 9.97 Å². The Morgan fingerprint density at radius 1 is 1.37 bits per heavy atom. The molecule has 0 aliphatic carbocycles. The summed E-state index contributed by atoms with van der Waals surface area (Å²) in [6.07, 6.45) is 3.70. The van der Waals surface area contributed by atoms with Crippen LogP contribution in [0.25, 0.3) is 11.0 Å². The van der Waals surface area contributed by atoms with E-state index in [-0.39, 0.29) is 5.54 Å². The third-order valence-electron chi connectivity index (χ3n) is 3.61. The Bertz CT molecular complexity index is 611. The number of hydrogen-bond acceptors (Lipinski definition) is 4. The molecule has 0 spiro atoms. The topological polar surface area (TPSA) is 41.0 Å². The molecule has 100 valence electrons. The van der Waals surface area contributed by atoms with Crippen molar-refractivity contribution in [2.45, 2.75) is 19.4 Å². The molecule has 1 saturated heterocycles. The van der Waals surface area contributed by atoms with Gasteiger partial charge in [0.1, 0.15) is 5.52 Å². The van der Waals surface area contributed by atoms with E-state index in [9.17, 15) is 0 Å². The van der Waals surface area contributed by atoms with Crippen molar-refractivity contribution in [3.8, 4) is 0 Å². The normalized spacial score (nSPS) is 18.8. The van der Waals surface area contributed by atoms with E-state index in [2.05, 4.69) is 56.0 Å². The zero-order valence-corrected chi connectivity index (χ0v) is 12.7. The Hall–Kier alpha value is -1.20. The Morgan fingerprint density at radius 3 is 3.00 bits per heavy atom. The smallest absolute Gasteiger partial charge is 0.112 e. The van der Waals surface area contributed by atoms with E-state index in [0.717, 1.165) is 35.1 Å². The highest BCUT2D eigenvalue weighted by molar-refractivity contribution is 9.10. The van der Waals surface area contributed by atoms with Crippen LogP contribution in [0, 0.1) is 0 Å². The zero-order valence-electron chi connectivity index (χ0n) is 11.2. The summed E-state index contributed by atoms with van der Waals surface area (Å²) in [5, 5.41) is 3.45. The number of fused-ring (bicyclic) bond motifs is 1. The average Bonchev–Trinajstić information content (AvgIpc) is 2.37. The van der Waals surface area contributed by atoms with Crippen LogP contribution in [0.5, 0.6) is 0 Å². The quantitative estimate of drug-likeness (QED) is 0.876. The van der Waals surface area contributed by atoms with E-state index in [1.54, 1.807) is 0 Å². The van der Waals surface area contributed by atoms with Crippen LogP contribution in [0.3, 0.4) is 0 Å². The van der Waals surface area contributed by atoms with Gasteiger partial charge in [0.05, 0.1) is 11.2 Å². The molecule has 3 rings (SSSR count). The van der Waals surface area contributed by atoms with Crippen molar-refractivity contribution in [1.29, 1.82) is 0 Å². The van der Waals surface area contributed by atoms with Crippen molar-refractivity contribution < 1.29 is 0 Å². The highest BCUT2D eigenvalue weighted by Crippen LogP contribution is 2.30. The molecule has 0 saturated carbocycles. The van der Waals surface area contributed by atoms with Crippen molar-refractivity contribution in [2.75, 3.05) is 24.5 Å². The second kappa shape index (κ2) is 4.72. The van der Waals surface area contributed by atoms with Gasteiger partial charge in [-0.25, -0.2) is 0 Å². The Morgan fingerprint density at radius 2 is 2.21 bits per heavy atom. The number of rotatable bonds is 1. The van der Waals surface area contributed by atoms with E-state index >= 15 is 0 Å². The fourth-order valence-corrected chi connectivity index (χ4v) is 2.96. The van der Waals surface area contributed by atoms with Crippen LogP contribution >= 0.6 is 15.9 Å². The third-order valence-corrected chi connectivity index (χ3v) is 4.05. The number of aromatic nitrogens is 2. The summed E-state index contributed by atoms with van der Waals surface area (Å²) >= 11 is 3.45. The highest BCUT2D eigenvalue weighted by Gasteiger charge is 2.30. The standard InChI is InChI=1S/C14H17BrN4/c1-14(2)9-16-5-6-19(14)12-3-4-17-11-7-10(15)8-18-13(11)12/h3-4,7-8,16H,5-6,9H2,1-2H3. The molecule has 3 heterocycles. The second-order valence-electron chi connectivity index (χ2n) is 5.49. The summed E-state index contributed by atoms with van der Waals surface area (Å²) < 4.78 is 0.962. The van der Waals surface area contributed by atoms with Crippen LogP contribution < -0.4 is 10.2 Å². The van der Waals surface area contributed by atoms with Gasteiger partial charge in [-0.05, 0) is 41.9 Å². The summed E-state index contributed by atoms with van der Waals surface area (Å²) in [7, 11) is 0. The van der Waals surface area contributed by atoms with E-state index in [0.29, 0.717) is 0 Å². The van der Waals surface area contributed by atoms with Crippen LogP contribution in [0.2, 0.25) is 0 Å². The van der Waals surface area contributed by atoms with Crippen molar-refractivity contribution in [2.24, 2.45) is 0 Å². The lowest BCUT2D eigenvalue weighted by molar-refractivity contribution is 0.381. The number of hydrogen-bond donors (Lipinski definition) is 1. The molecule has 19 heavy (non-hydrogen) atoms. The van der Waals surface area contributed by atoms with Gasteiger partial charge in [-0.1, -0.05) is 0 Å².